The van der Waals surface area contributed by atoms with Crippen molar-refractivity contribution in [2.75, 3.05) is 0 Å². The van der Waals surface area contributed by atoms with Crippen LogP contribution in [-0.4, -0.2) is 22.7 Å². The van der Waals surface area contributed by atoms with Gasteiger partial charge in [-0.25, -0.2) is 0 Å². The van der Waals surface area contributed by atoms with E-state index in [0.29, 0.717) is 12.8 Å². The van der Waals surface area contributed by atoms with Crippen LogP contribution in [0, 0.1) is 0 Å². The van der Waals surface area contributed by atoms with Gasteiger partial charge in [-0.3, -0.25) is 4.79 Å². The van der Waals surface area contributed by atoms with Gasteiger partial charge in [0.15, 0.2) is 0 Å². The first-order chi connectivity index (χ1) is 4.06. The Labute approximate surface area is 52.8 Å². The third kappa shape index (κ3) is 1.04. The highest BCUT2D eigenvalue weighted by Gasteiger charge is 2.47. The van der Waals surface area contributed by atoms with Gasteiger partial charge in [-0.1, -0.05) is 0 Å². The molecule has 5 N–H and O–H groups in total. The van der Waals surface area contributed by atoms with Crippen molar-refractivity contribution in [3.05, 3.63) is 0 Å². The first-order valence-corrected chi connectivity index (χ1v) is 2.82. The van der Waals surface area contributed by atoms with E-state index in [1.807, 2.05) is 0 Å². The van der Waals surface area contributed by atoms with Crippen molar-refractivity contribution in [2.45, 2.75) is 24.5 Å². The van der Waals surface area contributed by atoms with Crippen LogP contribution in [0.5, 0.6) is 0 Å². The molecule has 1 amide bonds. The Morgan fingerprint density at radius 2 is 2.11 bits per heavy atom. The van der Waals surface area contributed by atoms with Crippen LogP contribution < -0.4 is 11.5 Å². The number of nitrogens with two attached hydrogens (primary N) is 2. The van der Waals surface area contributed by atoms with Crippen LogP contribution in [0.2, 0.25) is 0 Å². The summed E-state index contributed by atoms with van der Waals surface area (Å²) in [5.41, 5.74) is 9.54. The lowest BCUT2D eigenvalue weighted by Crippen LogP contribution is -2.46. The Morgan fingerprint density at radius 1 is 1.67 bits per heavy atom. The molecule has 1 aliphatic carbocycles. The zero-order valence-corrected chi connectivity index (χ0v) is 5.00. The lowest BCUT2D eigenvalue weighted by atomic mass is 10.1. The second kappa shape index (κ2) is 1.68. The SMILES string of the molecule is NC(=O)C(O)C1(N)CC1. The molecule has 1 saturated carbocycles. The molecule has 0 radical (unpaired) electrons. The fourth-order valence-electron chi connectivity index (χ4n) is 0.701. The van der Waals surface area contributed by atoms with Crippen molar-refractivity contribution in [1.82, 2.24) is 0 Å². The van der Waals surface area contributed by atoms with Crippen LogP contribution in [-0.2, 0) is 4.79 Å². The second-order valence-electron chi connectivity index (χ2n) is 2.54. The smallest absolute Gasteiger partial charge is 0.248 e. The number of hydrogen-bond donors (Lipinski definition) is 3. The van der Waals surface area contributed by atoms with Gasteiger partial charge in [-0.05, 0) is 12.8 Å². The molecule has 1 atom stereocenters. The molecular formula is C5H10N2O2. The number of rotatable bonds is 2. The van der Waals surface area contributed by atoms with Crippen molar-refractivity contribution in [1.29, 1.82) is 0 Å². The Kier molecular flexibility index (Phi) is 1.22. The first kappa shape index (κ1) is 6.51. The molecule has 1 rings (SSSR count). The number of carbonyl (C=O) groups is 1. The Balaban J connectivity index is 2.52. The quantitative estimate of drug-likeness (QED) is 0.417. The molecule has 0 aromatic carbocycles. The molecule has 0 aromatic rings. The normalized spacial score (nSPS) is 25.1. The third-order valence-corrected chi connectivity index (χ3v) is 1.64. The van der Waals surface area contributed by atoms with Crippen molar-refractivity contribution in [3.63, 3.8) is 0 Å². The highest BCUT2D eigenvalue weighted by Crippen LogP contribution is 2.35. The maximum atomic E-state index is 10.3. The summed E-state index contributed by atoms with van der Waals surface area (Å²) in [5, 5.41) is 8.93. The van der Waals surface area contributed by atoms with Gasteiger partial charge < -0.3 is 16.6 Å². The van der Waals surface area contributed by atoms with Gasteiger partial charge in [0.1, 0.15) is 6.10 Å². The lowest BCUT2D eigenvalue weighted by molar-refractivity contribution is -0.127. The topological polar surface area (TPSA) is 89.3 Å². The van der Waals surface area contributed by atoms with E-state index in [0.717, 1.165) is 0 Å². The molecule has 9 heavy (non-hydrogen) atoms. The second-order valence-corrected chi connectivity index (χ2v) is 2.54. The van der Waals surface area contributed by atoms with E-state index in [9.17, 15) is 4.79 Å². The van der Waals surface area contributed by atoms with Crippen LogP contribution in [0.15, 0.2) is 0 Å². The van der Waals surface area contributed by atoms with E-state index < -0.39 is 17.6 Å². The fraction of sp³-hybridized carbons (Fsp3) is 0.800. The molecule has 0 aliphatic heterocycles. The van der Waals surface area contributed by atoms with Crippen molar-refractivity contribution in [3.8, 4) is 0 Å². The van der Waals surface area contributed by atoms with Gasteiger partial charge in [0.2, 0.25) is 5.91 Å². The minimum Gasteiger partial charge on any atom is -0.381 e. The Morgan fingerprint density at radius 3 is 2.22 bits per heavy atom. The van der Waals surface area contributed by atoms with Gasteiger partial charge >= 0.3 is 0 Å². The molecule has 0 heterocycles. The highest BCUT2D eigenvalue weighted by atomic mass is 16.3. The van der Waals surface area contributed by atoms with E-state index in [2.05, 4.69) is 0 Å². The molecule has 1 unspecified atom stereocenters. The Hall–Kier alpha value is -0.610. The maximum absolute atomic E-state index is 10.3. The minimum atomic E-state index is -1.16. The van der Waals surface area contributed by atoms with Crippen LogP contribution >= 0.6 is 0 Å². The maximum Gasteiger partial charge on any atom is 0.248 e. The Bertz CT molecular complexity index is 142. The average Bonchev–Trinajstić information content (AvgIpc) is 2.47. The van der Waals surface area contributed by atoms with Gasteiger partial charge in [0.05, 0.1) is 5.54 Å². The minimum absolute atomic E-state index is 0.689. The standard InChI is InChI=1S/C5H10N2O2/c6-4(9)3(8)5(7)1-2-5/h3,8H,1-2,7H2,(H2,6,9). The van der Waals surface area contributed by atoms with Crippen LogP contribution in [0.25, 0.3) is 0 Å². The van der Waals surface area contributed by atoms with Gasteiger partial charge in [0.25, 0.3) is 0 Å². The molecule has 0 saturated heterocycles. The van der Waals surface area contributed by atoms with Crippen LogP contribution in [0.1, 0.15) is 12.8 Å². The number of aliphatic hydroxyl groups excluding tert-OH is 1. The summed E-state index contributed by atoms with van der Waals surface area (Å²) >= 11 is 0. The van der Waals surface area contributed by atoms with Crippen molar-refractivity contribution < 1.29 is 9.90 Å². The van der Waals surface area contributed by atoms with E-state index in [1.54, 1.807) is 0 Å². The average molecular weight is 130 g/mol. The molecular weight excluding hydrogens is 120 g/mol. The molecule has 52 valence electrons. The number of carbonyl (C=O) groups excluding carboxylic acids is 1. The summed E-state index contributed by atoms with van der Waals surface area (Å²) in [6.45, 7) is 0. The summed E-state index contributed by atoms with van der Waals surface area (Å²) < 4.78 is 0. The third-order valence-electron chi connectivity index (χ3n) is 1.64. The van der Waals surface area contributed by atoms with E-state index in [-0.39, 0.29) is 0 Å². The summed E-state index contributed by atoms with van der Waals surface area (Å²) in [6, 6.07) is 0. The summed E-state index contributed by atoms with van der Waals surface area (Å²) in [6.07, 6.45) is 0.228. The van der Waals surface area contributed by atoms with Crippen LogP contribution in [0.3, 0.4) is 0 Å². The number of hydrogen-bond acceptors (Lipinski definition) is 3. The zero-order chi connectivity index (χ0) is 7.07. The number of amides is 1. The predicted octanol–water partition coefficient (Wildman–Crippen LogP) is -1.68. The summed E-state index contributed by atoms with van der Waals surface area (Å²) in [7, 11) is 0. The van der Waals surface area contributed by atoms with Gasteiger partial charge in [0, 0.05) is 0 Å². The molecule has 1 fully saturated rings. The van der Waals surface area contributed by atoms with Gasteiger partial charge in [-0.2, -0.15) is 0 Å². The molecule has 0 aromatic heterocycles. The molecule has 4 nitrogen and oxygen atoms in total. The highest BCUT2D eigenvalue weighted by molar-refractivity contribution is 5.80. The molecule has 1 aliphatic rings. The molecule has 0 bridgehead atoms. The lowest BCUT2D eigenvalue weighted by Gasteiger charge is -2.12. The predicted molar refractivity (Wildman–Crippen MR) is 31.4 cm³/mol. The number of primary amides is 1. The van der Waals surface area contributed by atoms with E-state index in [4.69, 9.17) is 16.6 Å². The monoisotopic (exact) mass is 130 g/mol. The zero-order valence-electron chi connectivity index (χ0n) is 5.00. The van der Waals surface area contributed by atoms with Crippen LogP contribution in [0.4, 0.5) is 0 Å². The first-order valence-electron chi connectivity index (χ1n) is 2.82. The van der Waals surface area contributed by atoms with Crippen molar-refractivity contribution >= 4 is 5.91 Å². The van der Waals surface area contributed by atoms with Crippen molar-refractivity contribution in [2.24, 2.45) is 11.5 Å². The van der Waals surface area contributed by atoms with Gasteiger partial charge in [-0.15, -0.1) is 0 Å². The van der Waals surface area contributed by atoms with E-state index in [1.165, 1.54) is 0 Å². The fourth-order valence-corrected chi connectivity index (χ4v) is 0.701. The molecule has 4 heteroatoms. The summed E-state index contributed by atoms with van der Waals surface area (Å²) in [5.74, 6) is -0.727. The largest absolute Gasteiger partial charge is 0.381 e. The van der Waals surface area contributed by atoms with E-state index >= 15 is 0 Å². The number of aliphatic hydroxyl groups is 1. The summed E-state index contributed by atoms with van der Waals surface area (Å²) in [4.78, 5) is 10.3. The molecule has 0 spiro atoms.